The number of aromatic nitrogens is 5. The van der Waals surface area contributed by atoms with Crippen molar-refractivity contribution in [2.75, 3.05) is 0 Å². The van der Waals surface area contributed by atoms with Gasteiger partial charge >= 0.3 is 0 Å². The van der Waals surface area contributed by atoms with Crippen molar-refractivity contribution in [1.29, 1.82) is 0 Å². The van der Waals surface area contributed by atoms with E-state index in [1.807, 2.05) is 72.8 Å². The van der Waals surface area contributed by atoms with Gasteiger partial charge in [-0.15, -0.1) is 0 Å². The Morgan fingerprint density at radius 3 is 1.67 bits per heavy atom. The average molecular weight is 730 g/mol. The fourth-order valence-electron chi connectivity index (χ4n) is 8.71. The molecule has 0 atom stereocenters. The molecule has 4 heterocycles. The van der Waals surface area contributed by atoms with E-state index in [0.29, 0.717) is 17.5 Å². The Bertz CT molecular complexity index is 3470. The van der Waals surface area contributed by atoms with Crippen molar-refractivity contribution in [3.05, 3.63) is 188 Å². The van der Waals surface area contributed by atoms with Gasteiger partial charge in [0, 0.05) is 49.0 Å². The molecule has 0 saturated heterocycles. The monoisotopic (exact) mass is 729 g/mol. The van der Waals surface area contributed by atoms with Crippen LogP contribution in [0.2, 0.25) is 0 Å². The van der Waals surface area contributed by atoms with Crippen LogP contribution in [0.5, 0.6) is 0 Å². The minimum Gasteiger partial charge on any atom is -0.454 e. The van der Waals surface area contributed by atoms with Crippen molar-refractivity contribution in [3.63, 3.8) is 0 Å². The zero-order chi connectivity index (χ0) is 37.5. The van der Waals surface area contributed by atoms with E-state index in [1.54, 1.807) is 0 Å². The van der Waals surface area contributed by atoms with E-state index < -0.39 is 0 Å². The molecule has 0 aliphatic carbocycles. The van der Waals surface area contributed by atoms with Crippen LogP contribution in [0.15, 0.2) is 192 Å². The summed E-state index contributed by atoms with van der Waals surface area (Å²) in [5, 5.41) is 6.87. The molecule has 0 saturated carbocycles. The number of nitrogens with zero attached hydrogens (tertiary/aromatic N) is 5. The molecular formula is C51H31N5O. The predicted molar refractivity (Wildman–Crippen MR) is 232 cm³/mol. The summed E-state index contributed by atoms with van der Waals surface area (Å²) in [7, 11) is 0. The normalized spacial score (nSPS) is 11.9. The number of hydrogen-bond acceptors (Lipinski definition) is 4. The highest BCUT2D eigenvalue weighted by Crippen LogP contribution is 2.44. The van der Waals surface area contributed by atoms with Gasteiger partial charge in [0.15, 0.2) is 23.1 Å². The lowest BCUT2D eigenvalue weighted by molar-refractivity contribution is 0.666. The second-order valence-corrected chi connectivity index (χ2v) is 14.4. The number of benzene rings is 8. The Morgan fingerprint density at radius 2 is 0.912 bits per heavy atom. The Kier molecular flexibility index (Phi) is 6.83. The highest BCUT2D eigenvalue weighted by Gasteiger charge is 2.24. The van der Waals surface area contributed by atoms with Crippen LogP contribution in [0.1, 0.15) is 0 Å². The van der Waals surface area contributed by atoms with Crippen molar-refractivity contribution in [3.8, 4) is 45.5 Å². The minimum absolute atomic E-state index is 0.607. The van der Waals surface area contributed by atoms with Crippen molar-refractivity contribution >= 4 is 65.6 Å². The van der Waals surface area contributed by atoms with Crippen LogP contribution in [-0.4, -0.2) is 24.1 Å². The van der Waals surface area contributed by atoms with Crippen molar-refractivity contribution < 1.29 is 4.42 Å². The molecule has 4 aromatic heterocycles. The summed E-state index contributed by atoms with van der Waals surface area (Å²) in [6.45, 7) is 0. The first-order valence-electron chi connectivity index (χ1n) is 19.1. The lowest BCUT2D eigenvalue weighted by atomic mass is 10.1. The van der Waals surface area contributed by atoms with Crippen LogP contribution in [0.4, 0.5) is 0 Å². The summed E-state index contributed by atoms with van der Waals surface area (Å²) >= 11 is 0. The van der Waals surface area contributed by atoms with Gasteiger partial charge in [0.1, 0.15) is 5.58 Å². The molecule has 0 bridgehead atoms. The number of rotatable bonds is 5. The minimum atomic E-state index is 0.607. The van der Waals surface area contributed by atoms with E-state index in [-0.39, 0.29) is 0 Å². The molecule has 12 aromatic rings. The van der Waals surface area contributed by atoms with Gasteiger partial charge in [-0.25, -0.2) is 15.0 Å². The SMILES string of the molecule is c1ccc(-c2nc(-c3ccccc3)nc(-c3ccccc3-n3c4ccccc4c4ccc5c(c6ccccc6n5-c5cccc6c5oc5ccccc56)c43)n2)cc1. The Balaban J connectivity index is 1.18. The predicted octanol–water partition coefficient (Wildman–Crippen LogP) is 13.0. The van der Waals surface area contributed by atoms with Gasteiger partial charge in [-0.2, -0.15) is 0 Å². The van der Waals surface area contributed by atoms with E-state index >= 15 is 0 Å². The first-order valence-corrected chi connectivity index (χ1v) is 19.1. The van der Waals surface area contributed by atoms with Gasteiger partial charge < -0.3 is 13.6 Å². The van der Waals surface area contributed by atoms with E-state index in [0.717, 1.165) is 82.8 Å². The van der Waals surface area contributed by atoms with Crippen molar-refractivity contribution in [1.82, 2.24) is 24.1 Å². The van der Waals surface area contributed by atoms with E-state index in [4.69, 9.17) is 19.4 Å². The maximum Gasteiger partial charge on any atom is 0.166 e. The van der Waals surface area contributed by atoms with Crippen LogP contribution in [0.3, 0.4) is 0 Å². The fraction of sp³-hybridized carbons (Fsp3) is 0. The van der Waals surface area contributed by atoms with Gasteiger partial charge in [0.2, 0.25) is 0 Å². The van der Waals surface area contributed by atoms with Gasteiger partial charge in [-0.05, 0) is 42.5 Å². The zero-order valence-electron chi connectivity index (χ0n) is 30.5. The van der Waals surface area contributed by atoms with Crippen molar-refractivity contribution in [2.24, 2.45) is 0 Å². The Morgan fingerprint density at radius 1 is 0.351 bits per heavy atom. The molecule has 0 N–H and O–H groups in total. The Hall–Kier alpha value is -7.83. The molecule has 8 aromatic carbocycles. The molecule has 6 heteroatoms. The number of hydrogen-bond donors (Lipinski definition) is 0. The van der Waals surface area contributed by atoms with Crippen LogP contribution in [0, 0.1) is 0 Å². The van der Waals surface area contributed by atoms with Crippen LogP contribution in [-0.2, 0) is 0 Å². The number of furan rings is 1. The summed E-state index contributed by atoms with van der Waals surface area (Å²) in [4.78, 5) is 15.4. The molecular weight excluding hydrogens is 699 g/mol. The first-order chi connectivity index (χ1) is 28.3. The quantitative estimate of drug-likeness (QED) is 0.177. The smallest absolute Gasteiger partial charge is 0.166 e. The topological polar surface area (TPSA) is 61.7 Å². The standard InChI is InChI=1S/C51H31N5O/c1-3-16-32(17-4-1)49-52-50(33-18-5-2-6-19-33)54-51(53-49)39-23-9-13-27-42(39)56-40-25-11-7-20-34(40)36-30-31-43-46(47(36)56)38-22-8-12-26-41(38)55(43)44-28-15-24-37-35-21-10-14-29-45(35)57-48(37)44/h1-31H. The zero-order valence-corrected chi connectivity index (χ0v) is 30.5. The van der Waals surface area contributed by atoms with Crippen LogP contribution >= 0.6 is 0 Å². The van der Waals surface area contributed by atoms with Gasteiger partial charge in [-0.1, -0.05) is 146 Å². The maximum atomic E-state index is 6.64. The molecule has 12 rings (SSSR count). The first kappa shape index (κ1) is 31.5. The molecule has 0 aliphatic rings. The van der Waals surface area contributed by atoms with E-state index in [9.17, 15) is 0 Å². The van der Waals surface area contributed by atoms with Gasteiger partial charge in [0.05, 0.1) is 33.4 Å². The largest absolute Gasteiger partial charge is 0.454 e. The number of para-hydroxylation sites is 5. The second-order valence-electron chi connectivity index (χ2n) is 14.4. The molecule has 0 radical (unpaired) electrons. The van der Waals surface area contributed by atoms with Crippen molar-refractivity contribution in [2.45, 2.75) is 0 Å². The molecule has 0 unspecified atom stereocenters. The summed E-state index contributed by atoms with van der Waals surface area (Å²) < 4.78 is 11.4. The molecule has 0 aliphatic heterocycles. The lowest BCUT2D eigenvalue weighted by Gasteiger charge is -2.15. The fourth-order valence-corrected chi connectivity index (χ4v) is 8.71. The molecule has 6 nitrogen and oxygen atoms in total. The molecule has 0 amide bonds. The Labute approximate surface area is 326 Å². The summed E-state index contributed by atoms with van der Waals surface area (Å²) in [5.74, 6) is 1.86. The molecule has 0 fully saturated rings. The second kappa shape index (κ2) is 12.3. The molecule has 266 valence electrons. The van der Waals surface area contributed by atoms with Crippen LogP contribution < -0.4 is 0 Å². The maximum absolute atomic E-state index is 6.64. The average Bonchev–Trinajstić information content (AvgIpc) is 3.95. The third-order valence-electron chi connectivity index (χ3n) is 11.2. The third kappa shape index (κ3) is 4.74. The van der Waals surface area contributed by atoms with E-state index in [2.05, 4.69) is 124 Å². The molecule has 0 spiro atoms. The highest BCUT2D eigenvalue weighted by molar-refractivity contribution is 6.26. The highest BCUT2D eigenvalue weighted by atomic mass is 16.3. The summed E-state index contributed by atoms with van der Waals surface area (Å²) in [6.07, 6.45) is 0. The van der Waals surface area contributed by atoms with E-state index in [1.165, 1.54) is 10.8 Å². The molecule has 57 heavy (non-hydrogen) atoms. The summed E-state index contributed by atoms with van der Waals surface area (Å²) in [5.41, 5.74) is 10.9. The van der Waals surface area contributed by atoms with Crippen LogP contribution in [0.25, 0.3) is 111 Å². The lowest BCUT2D eigenvalue weighted by Crippen LogP contribution is -2.03. The van der Waals surface area contributed by atoms with Gasteiger partial charge in [0.25, 0.3) is 0 Å². The number of fused-ring (bicyclic) bond motifs is 10. The van der Waals surface area contributed by atoms with Gasteiger partial charge in [-0.3, -0.25) is 0 Å². The summed E-state index contributed by atoms with van der Waals surface area (Å²) in [6, 6.07) is 65.4. The third-order valence-corrected chi connectivity index (χ3v) is 11.2.